The van der Waals surface area contributed by atoms with Crippen LogP contribution in [0.2, 0.25) is 0 Å². The molecule has 1 aromatic heterocycles. The van der Waals surface area contributed by atoms with Crippen molar-refractivity contribution < 1.29 is 13.2 Å². The van der Waals surface area contributed by atoms with Crippen LogP contribution in [0.15, 0.2) is 47.5 Å². The molecule has 0 amide bonds. The van der Waals surface area contributed by atoms with E-state index in [2.05, 4.69) is 9.88 Å². The van der Waals surface area contributed by atoms with E-state index in [1.54, 1.807) is 12.1 Å². The zero-order valence-corrected chi connectivity index (χ0v) is 14.9. The minimum Gasteiger partial charge on any atom is -0.481 e. The number of fused-ring (bicyclic) bond motifs is 3. The van der Waals surface area contributed by atoms with Crippen molar-refractivity contribution in [1.29, 1.82) is 0 Å². The number of anilines is 2. The van der Waals surface area contributed by atoms with Crippen molar-refractivity contribution in [2.24, 2.45) is 0 Å². The van der Waals surface area contributed by atoms with Crippen molar-refractivity contribution in [3.8, 4) is 5.88 Å². The molecule has 25 heavy (non-hydrogen) atoms. The van der Waals surface area contributed by atoms with Gasteiger partial charge in [0.05, 0.1) is 31.2 Å². The molecule has 0 aliphatic carbocycles. The van der Waals surface area contributed by atoms with Gasteiger partial charge in [0.2, 0.25) is 5.88 Å². The molecule has 3 heterocycles. The predicted molar refractivity (Wildman–Crippen MR) is 96.7 cm³/mol. The number of hydrogen-bond acceptors (Lipinski definition) is 5. The molecule has 2 aromatic rings. The minimum absolute atomic E-state index is 0.187. The van der Waals surface area contributed by atoms with Gasteiger partial charge in [0.1, 0.15) is 4.90 Å². The molecule has 132 valence electrons. The van der Waals surface area contributed by atoms with Gasteiger partial charge in [0, 0.05) is 18.7 Å². The van der Waals surface area contributed by atoms with Gasteiger partial charge in [-0.15, -0.1) is 0 Å². The molecular formula is C18H21N3O3S. The summed E-state index contributed by atoms with van der Waals surface area (Å²) in [5.74, 6) is 0.399. The van der Waals surface area contributed by atoms with Gasteiger partial charge in [0.15, 0.2) is 0 Å². The Kier molecular flexibility index (Phi) is 4.03. The molecule has 0 bridgehead atoms. The van der Waals surface area contributed by atoms with Crippen molar-refractivity contribution >= 4 is 21.4 Å². The molecule has 7 heteroatoms. The van der Waals surface area contributed by atoms with Crippen molar-refractivity contribution in [1.82, 2.24) is 4.98 Å². The van der Waals surface area contributed by atoms with Crippen LogP contribution in [0.5, 0.6) is 5.88 Å². The number of para-hydroxylation sites is 2. The first-order valence-electron chi connectivity index (χ1n) is 8.50. The van der Waals surface area contributed by atoms with Crippen molar-refractivity contribution in [3.63, 3.8) is 0 Å². The van der Waals surface area contributed by atoms with Crippen molar-refractivity contribution in [2.75, 3.05) is 29.4 Å². The Balaban J connectivity index is 1.77. The number of methoxy groups -OCH3 is 1. The fourth-order valence-electron chi connectivity index (χ4n) is 3.71. The lowest BCUT2D eigenvalue weighted by Crippen LogP contribution is -2.52. The smallest absolute Gasteiger partial charge is 0.266 e. The number of hydrogen-bond donors (Lipinski definition) is 0. The monoisotopic (exact) mass is 359 g/mol. The molecule has 2 aliphatic heterocycles. The molecule has 0 saturated carbocycles. The Morgan fingerprint density at radius 3 is 2.64 bits per heavy atom. The minimum atomic E-state index is -3.66. The summed E-state index contributed by atoms with van der Waals surface area (Å²) < 4.78 is 33.1. The van der Waals surface area contributed by atoms with E-state index >= 15 is 0 Å². The van der Waals surface area contributed by atoms with Gasteiger partial charge in [-0.05, 0) is 37.5 Å². The largest absolute Gasteiger partial charge is 0.481 e. The lowest BCUT2D eigenvalue weighted by Gasteiger charge is -2.46. The first-order chi connectivity index (χ1) is 12.1. The Hall–Kier alpha value is -2.28. The molecule has 1 saturated heterocycles. The average molecular weight is 359 g/mol. The van der Waals surface area contributed by atoms with Crippen molar-refractivity contribution in [2.45, 2.75) is 30.2 Å². The summed E-state index contributed by atoms with van der Waals surface area (Å²) in [6.07, 6.45) is 4.67. The van der Waals surface area contributed by atoms with E-state index in [4.69, 9.17) is 4.74 Å². The second kappa shape index (κ2) is 6.22. The third-order valence-corrected chi connectivity index (χ3v) is 6.73. The van der Waals surface area contributed by atoms with Crippen molar-refractivity contribution in [3.05, 3.63) is 42.6 Å². The van der Waals surface area contributed by atoms with Crippen LogP contribution >= 0.6 is 0 Å². The first kappa shape index (κ1) is 16.2. The molecule has 6 nitrogen and oxygen atoms in total. The topological polar surface area (TPSA) is 62.7 Å². The molecule has 1 aromatic carbocycles. The lowest BCUT2D eigenvalue weighted by atomic mass is 9.98. The number of sulfonamides is 1. The SMILES string of the molecule is COc1ccc(S(=O)(=O)N2CC3CCCCN3c3ccccc32)cn1. The maximum Gasteiger partial charge on any atom is 0.266 e. The first-order valence-corrected chi connectivity index (χ1v) is 9.94. The molecular weight excluding hydrogens is 338 g/mol. The maximum atomic E-state index is 13.3. The second-order valence-electron chi connectivity index (χ2n) is 6.40. The summed E-state index contributed by atoms with van der Waals surface area (Å²) in [4.78, 5) is 6.60. The summed E-state index contributed by atoms with van der Waals surface area (Å²) >= 11 is 0. The van der Waals surface area contributed by atoms with E-state index in [-0.39, 0.29) is 10.9 Å². The quantitative estimate of drug-likeness (QED) is 0.843. The summed E-state index contributed by atoms with van der Waals surface area (Å²) in [6.45, 7) is 1.46. The number of piperidine rings is 1. The van der Waals surface area contributed by atoms with Gasteiger partial charge >= 0.3 is 0 Å². The molecule has 1 fully saturated rings. The zero-order chi connectivity index (χ0) is 17.4. The van der Waals surface area contributed by atoms with E-state index in [9.17, 15) is 8.42 Å². The summed E-state index contributed by atoms with van der Waals surface area (Å²) in [7, 11) is -2.15. The zero-order valence-electron chi connectivity index (χ0n) is 14.1. The Labute approximate surface area is 148 Å². The summed E-state index contributed by atoms with van der Waals surface area (Å²) in [6, 6.07) is 11.1. The number of pyridine rings is 1. The van der Waals surface area contributed by atoms with Crippen LogP contribution in [0.4, 0.5) is 11.4 Å². The second-order valence-corrected chi connectivity index (χ2v) is 8.27. The van der Waals surface area contributed by atoms with E-state index < -0.39 is 10.0 Å². The van der Waals surface area contributed by atoms with Gasteiger partial charge < -0.3 is 9.64 Å². The summed E-state index contributed by atoms with van der Waals surface area (Å²) in [5, 5.41) is 0. The number of nitrogens with zero attached hydrogens (tertiary/aromatic N) is 3. The van der Waals surface area contributed by atoms with Gasteiger partial charge in [0.25, 0.3) is 10.0 Å². The van der Waals surface area contributed by atoms with Crippen LogP contribution in [-0.4, -0.2) is 39.6 Å². The highest BCUT2D eigenvalue weighted by Gasteiger charge is 2.38. The fraction of sp³-hybridized carbons (Fsp3) is 0.389. The number of benzene rings is 1. The van der Waals surface area contributed by atoms with Crippen LogP contribution in [0.25, 0.3) is 0 Å². The number of ether oxygens (including phenoxy) is 1. The van der Waals surface area contributed by atoms with Crippen LogP contribution in [-0.2, 0) is 10.0 Å². The standard InChI is InChI=1S/C18H21N3O3S/c1-24-18-10-9-15(12-19-18)25(22,23)21-13-14-6-4-5-11-20(14)16-7-2-3-8-17(16)21/h2-3,7-10,12,14H,4-6,11,13H2,1H3. The summed E-state index contributed by atoms with van der Waals surface area (Å²) in [5.41, 5.74) is 1.75. The van der Waals surface area contributed by atoms with Gasteiger partial charge in [-0.3, -0.25) is 4.31 Å². The predicted octanol–water partition coefficient (Wildman–Crippen LogP) is 2.66. The normalized spacial score (nSPS) is 20.0. The number of aromatic nitrogens is 1. The van der Waals surface area contributed by atoms with Gasteiger partial charge in [-0.2, -0.15) is 0 Å². The molecule has 1 unspecified atom stereocenters. The fourth-order valence-corrected chi connectivity index (χ4v) is 5.17. The number of rotatable bonds is 3. The average Bonchev–Trinajstić information content (AvgIpc) is 2.67. The van der Waals surface area contributed by atoms with Gasteiger partial charge in [-0.25, -0.2) is 13.4 Å². The molecule has 0 spiro atoms. The highest BCUT2D eigenvalue weighted by atomic mass is 32.2. The highest BCUT2D eigenvalue weighted by Crippen LogP contribution is 2.40. The van der Waals surface area contributed by atoms with Crippen LogP contribution < -0.4 is 13.9 Å². The van der Waals surface area contributed by atoms with E-state index in [0.717, 1.165) is 37.2 Å². The Morgan fingerprint density at radius 2 is 1.92 bits per heavy atom. The Morgan fingerprint density at radius 1 is 1.12 bits per heavy atom. The molecule has 4 rings (SSSR count). The van der Waals surface area contributed by atoms with Crippen LogP contribution in [0, 0.1) is 0 Å². The molecule has 2 aliphatic rings. The third kappa shape index (κ3) is 2.72. The van der Waals surface area contributed by atoms with Gasteiger partial charge in [-0.1, -0.05) is 12.1 Å². The lowest BCUT2D eigenvalue weighted by molar-refractivity contribution is 0.397. The van der Waals surface area contributed by atoms with E-state index in [1.807, 2.05) is 24.3 Å². The molecule has 0 radical (unpaired) electrons. The Bertz CT molecular complexity index is 867. The van der Waals surface area contributed by atoms with Crippen LogP contribution in [0.1, 0.15) is 19.3 Å². The molecule has 1 atom stereocenters. The van der Waals surface area contributed by atoms with Crippen LogP contribution in [0.3, 0.4) is 0 Å². The highest BCUT2D eigenvalue weighted by molar-refractivity contribution is 7.92. The van der Waals surface area contributed by atoms with E-state index in [1.165, 1.54) is 17.6 Å². The van der Waals surface area contributed by atoms with E-state index in [0.29, 0.717) is 12.4 Å². The molecule has 0 N–H and O–H groups in total. The maximum absolute atomic E-state index is 13.3. The third-order valence-electron chi connectivity index (χ3n) is 4.97.